The summed E-state index contributed by atoms with van der Waals surface area (Å²) in [5, 5.41) is 3.00. The summed E-state index contributed by atoms with van der Waals surface area (Å²) in [4.78, 5) is 34.3. The first-order chi connectivity index (χ1) is 11.7. The average molecular weight is 348 g/mol. The molecule has 1 N–H and O–H groups in total. The van der Waals surface area contributed by atoms with Gasteiger partial charge in [0.05, 0.1) is 0 Å². The van der Waals surface area contributed by atoms with Gasteiger partial charge in [0.1, 0.15) is 11.4 Å². The fraction of sp³-hybridized carbons (Fsp3) is 0.842. The van der Waals surface area contributed by atoms with Crippen LogP contribution in [0.4, 0.5) is 4.79 Å². The van der Waals surface area contributed by atoms with E-state index >= 15 is 0 Å². The van der Waals surface area contributed by atoms with E-state index in [-0.39, 0.29) is 17.9 Å². The zero-order valence-electron chi connectivity index (χ0n) is 16.2. The van der Waals surface area contributed by atoms with Crippen molar-refractivity contribution in [1.29, 1.82) is 0 Å². The Labute approximate surface area is 151 Å². The van der Waals surface area contributed by atoms with Crippen molar-refractivity contribution in [2.45, 2.75) is 53.0 Å². The third-order valence-corrected chi connectivity index (χ3v) is 5.81. The van der Waals surface area contributed by atoms with E-state index in [1.807, 2.05) is 16.7 Å². The van der Waals surface area contributed by atoms with Crippen LogP contribution in [0.3, 0.4) is 0 Å². The minimum Gasteiger partial charge on any atom is -0.338 e. The molecule has 0 bridgehead atoms. The maximum Gasteiger partial charge on any atom is 0.317 e. The average Bonchev–Trinajstić information content (AvgIpc) is 3.16. The summed E-state index contributed by atoms with van der Waals surface area (Å²) in [6.07, 6.45) is 1.81. The van der Waals surface area contributed by atoms with Crippen LogP contribution in [-0.4, -0.2) is 59.3 Å². The van der Waals surface area contributed by atoms with E-state index in [1.165, 1.54) is 0 Å². The number of hydrogen-bond donors (Lipinski definition) is 1. The molecule has 2 aliphatic heterocycles. The number of carbonyl (C=O) groups excluding carboxylic acids is 2. The van der Waals surface area contributed by atoms with E-state index in [0.717, 1.165) is 31.8 Å². The van der Waals surface area contributed by atoms with Crippen LogP contribution in [0.15, 0.2) is 4.99 Å². The maximum atomic E-state index is 13.2. The zero-order valence-corrected chi connectivity index (χ0v) is 16.2. The molecule has 0 radical (unpaired) electrons. The molecule has 2 heterocycles. The Hall–Kier alpha value is -1.59. The Morgan fingerprint density at radius 3 is 2.64 bits per heavy atom. The van der Waals surface area contributed by atoms with Gasteiger partial charge in [-0.25, -0.2) is 4.79 Å². The summed E-state index contributed by atoms with van der Waals surface area (Å²) >= 11 is 0. The maximum absolute atomic E-state index is 13.2. The molecule has 0 aromatic rings. The van der Waals surface area contributed by atoms with Crippen LogP contribution in [0.25, 0.3) is 0 Å². The highest BCUT2D eigenvalue weighted by atomic mass is 16.2. The van der Waals surface area contributed by atoms with Crippen molar-refractivity contribution in [1.82, 2.24) is 15.1 Å². The van der Waals surface area contributed by atoms with E-state index in [4.69, 9.17) is 4.99 Å². The molecule has 1 saturated carbocycles. The third kappa shape index (κ3) is 3.15. The van der Waals surface area contributed by atoms with Crippen LogP contribution in [0.2, 0.25) is 0 Å². The SMILES string of the molecule is CC1=N[C@@]2(CC[C@@H]3CN(C(=O)NCC(C)C)C[C@@H]32)C(=O)N1CC(C)C. The van der Waals surface area contributed by atoms with Crippen LogP contribution < -0.4 is 5.32 Å². The lowest BCUT2D eigenvalue weighted by Crippen LogP contribution is -2.48. The number of aliphatic imine (C=N–C) groups is 1. The molecule has 6 nitrogen and oxygen atoms in total. The number of hydrogen-bond acceptors (Lipinski definition) is 3. The lowest BCUT2D eigenvalue weighted by atomic mass is 9.85. The number of nitrogens with zero attached hydrogens (tertiary/aromatic N) is 3. The van der Waals surface area contributed by atoms with Gasteiger partial charge in [0, 0.05) is 32.1 Å². The summed E-state index contributed by atoms with van der Waals surface area (Å²) < 4.78 is 0. The first-order valence-corrected chi connectivity index (χ1v) is 9.65. The molecular weight excluding hydrogens is 316 g/mol. The summed E-state index contributed by atoms with van der Waals surface area (Å²) in [5.41, 5.74) is -0.614. The first kappa shape index (κ1) is 18.2. The van der Waals surface area contributed by atoms with Crippen LogP contribution in [0.1, 0.15) is 47.5 Å². The molecule has 3 rings (SSSR count). The van der Waals surface area contributed by atoms with Gasteiger partial charge in [-0.2, -0.15) is 0 Å². The molecule has 0 aromatic carbocycles. The molecule has 3 amide bonds. The highest BCUT2D eigenvalue weighted by Gasteiger charge is 2.61. The minimum atomic E-state index is -0.614. The fourth-order valence-electron chi connectivity index (χ4n) is 4.63. The Kier molecular flexibility index (Phi) is 4.82. The van der Waals surface area contributed by atoms with Gasteiger partial charge < -0.3 is 10.2 Å². The molecule has 0 unspecified atom stereocenters. The number of rotatable bonds is 4. The van der Waals surface area contributed by atoms with Gasteiger partial charge in [0.2, 0.25) is 0 Å². The summed E-state index contributed by atoms with van der Waals surface area (Å²) in [6, 6.07) is 0.00318. The minimum absolute atomic E-state index is 0.00318. The van der Waals surface area contributed by atoms with Gasteiger partial charge >= 0.3 is 6.03 Å². The zero-order chi connectivity index (χ0) is 18.4. The van der Waals surface area contributed by atoms with Crippen molar-refractivity contribution >= 4 is 17.8 Å². The van der Waals surface area contributed by atoms with Crippen molar-refractivity contribution in [3.63, 3.8) is 0 Å². The van der Waals surface area contributed by atoms with Gasteiger partial charge in [-0.1, -0.05) is 27.7 Å². The first-order valence-electron chi connectivity index (χ1n) is 9.65. The molecule has 1 spiro atoms. The Balaban J connectivity index is 1.72. The van der Waals surface area contributed by atoms with Crippen molar-refractivity contribution in [2.24, 2.45) is 28.7 Å². The van der Waals surface area contributed by atoms with Gasteiger partial charge in [0.25, 0.3) is 5.91 Å². The molecule has 3 aliphatic rings. The molecule has 0 aromatic heterocycles. The van der Waals surface area contributed by atoms with E-state index in [0.29, 0.717) is 30.8 Å². The Morgan fingerprint density at radius 1 is 1.28 bits per heavy atom. The standard InChI is InChI=1S/C19H32N4O2/c1-12(2)8-20-18(25)22-10-15-6-7-19(16(15)11-22)17(24)23(9-13(3)4)14(5)21-19/h12-13,15-16H,6-11H2,1-5H3,(H,20,25)/t15-,16+,19-/m1/s1. The Morgan fingerprint density at radius 2 is 2.00 bits per heavy atom. The van der Waals surface area contributed by atoms with Crippen molar-refractivity contribution in [3.8, 4) is 0 Å². The van der Waals surface area contributed by atoms with Crippen molar-refractivity contribution < 1.29 is 9.59 Å². The summed E-state index contributed by atoms with van der Waals surface area (Å²) in [5.74, 6) is 2.42. The van der Waals surface area contributed by atoms with Crippen LogP contribution in [0.5, 0.6) is 0 Å². The molecule has 25 heavy (non-hydrogen) atoms. The summed E-state index contributed by atoms with van der Waals surface area (Å²) in [6.45, 7) is 13.2. The second-order valence-electron chi connectivity index (χ2n) is 8.78. The number of carbonyl (C=O) groups is 2. The number of amidine groups is 1. The lowest BCUT2D eigenvalue weighted by molar-refractivity contribution is -0.132. The molecule has 1 saturated heterocycles. The predicted molar refractivity (Wildman–Crippen MR) is 98.4 cm³/mol. The predicted octanol–water partition coefficient (Wildman–Crippen LogP) is 2.35. The molecule has 2 fully saturated rings. The number of nitrogens with one attached hydrogen (secondary N) is 1. The van der Waals surface area contributed by atoms with Gasteiger partial charge in [0.15, 0.2) is 0 Å². The fourth-order valence-corrected chi connectivity index (χ4v) is 4.63. The molecule has 140 valence electrons. The molecular formula is C19H32N4O2. The van der Waals surface area contributed by atoms with E-state index < -0.39 is 5.54 Å². The quantitative estimate of drug-likeness (QED) is 0.847. The normalized spacial score (nSPS) is 31.5. The largest absolute Gasteiger partial charge is 0.338 e. The smallest absolute Gasteiger partial charge is 0.317 e. The number of likely N-dealkylation sites (tertiary alicyclic amines) is 1. The van der Waals surface area contributed by atoms with Gasteiger partial charge in [-0.05, 0) is 37.5 Å². The second-order valence-corrected chi connectivity index (χ2v) is 8.78. The Bertz CT molecular complexity index is 586. The second kappa shape index (κ2) is 6.61. The van der Waals surface area contributed by atoms with Gasteiger partial charge in [-0.15, -0.1) is 0 Å². The van der Waals surface area contributed by atoms with Gasteiger partial charge in [-0.3, -0.25) is 14.7 Å². The van der Waals surface area contributed by atoms with Crippen LogP contribution in [-0.2, 0) is 4.79 Å². The van der Waals surface area contributed by atoms with Crippen LogP contribution in [0, 0.1) is 23.7 Å². The van der Waals surface area contributed by atoms with E-state index in [9.17, 15) is 9.59 Å². The number of urea groups is 1. The third-order valence-electron chi connectivity index (χ3n) is 5.81. The number of amides is 3. The van der Waals surface area contributed by atoms with Crippen LogP contribution >= 0.6 is 0 Å². The van der Waals surface area contributed by atoms with Crippen molar-refractivity contribution in [2.75, 3.05) is 26.2 Å². The highest BCUT2D eigenvalue weighted by Crippen LogP contribution is 2.50. The van der Waals surface area contributed by atoms with Crippen molar-refractivity contribution in [3.05, 3.63) is 0 Å². The highest BCUT2D eigenvalue weighted by molar-refractivity contribution is 6.07. The van der Waals surface area contributed by atoms with E-state index in [1.54, 1.807) is 0 Å². The van der Waals surface area contributed by atoms with E-state index in [2.05, 4.69) is 33.0 Å². The number of fused-ring (bicyclic) bond motifs is 2. The lowest BCUT2D eigenvalue weighted by Gasteiger charge is -2.28. The molecule has 3 atom stereocenters. The summed E-state index contributed by atoms with van der Waals surface area (Å²) in [7, 11) is 0. The molecule has 6 heteroatoms. The molecule has 1 aliphatic carbocycles. The topological polar surface area (TPSA) is 65.0 Å². The monoisotopic (exact) mass is 348 g/mol.